The van der Waals surface area contributed by atoms with Crippen molar-refractivity contribution in [1.82, 2.24) is 4.31 Å². The lowest BCUT2D eigenvalue weighted by atomic mass is 9.98. The number of rotatable bonds is 3. The predicted molar refractivity (Wildman–Crippen MR) is 89.7 cm³/mol. The van der Waals surface area contributed by atoms with Gasteiger partial charge in [-0.3, -0.25) is 0 Å². The van der Waals surface area contributed by atoms with Gasteiger partial charge in [0.05, 0.1) is 10.9 Å². The molecule has 5 heteroatoms. The molecule has 23 heavy (non-hydrogen) atoms. The minimum Gasteiger partial charge on any atom is -0.465 e. The molecule has 1 aliphatic rings. The average Bonchev–Trinajstić information content (AvgIpc) is 2.93. The van der Waals surface area contributed by atoms with E-state index in [0.717, 1.165) is 36.3 Å². The molecule has 1 aliphatic heterocycles. The Morgan fingerprint density at radius 2 is 1.74 bits per heavy atom. The zero-order chi connectivity index (χ0) is 16.6. The highest BCUT2D eigenvalue weighted by atomic mass is 32.2. The predicted octanol–water partition coefficient (Wildman–Crippen LogP) is 4.20. The van der Waals surface area contributed by atoms with E-state index in [2.05, 4.69) is 0 Å². The van der Waals surface area contributed by atoms with Gasteiger partial charge in [0.15, 0.2) is 0 Å². The van der Waals surface area contributed by atoms with Crippen LogP contribution >= 0.6 is 0 Å². The summed E-state index contributed by atoms with van der Waals surface area (Å²) < 4.78 is 33.8. The van der Waals surface area contributed by atoms with E-state index in [-0.39, 0.29) is 12.1 Å². The summed E-state index contributed by atoms with van der Waals surface area (Å²) in [5.74, 6) is 1.55. The molecule has 1 aromatic heterocycles. The van der Waals surface area contributed by atoms with Gasteiger partial charge in [-0.2, -0.15) is 4.31 Å². The summed E-state index contributed by atoms with van der Waals surface area (Å²) in [5.41, 5.74) is 1.05. The minimum absolute atomic E-state index is 0.0366. The van der Waals surface area contributed by atoms with Crippen LogP contribution in [0.1, 0.15) is 49.3 Å². The molecule has 2 heterocycles. The third-order valence-corrected chi connectivity index (χ3v) is 6.56. The number of sulfonamides is 1. The van der Waals surface area contributed by atoms with E-state index < -0.39 is 10.0 Å². The van der Waals surface area contributed by atoms with Gasteiger partial charge < -0.3 is 4.42 Å². The van der Waals surface area contributed by atoms with Crippen molar-refractivity contribution in [2.24, 2.45) is 0 Å². The van der Waals surface area contributed by atoms with Crippen LogP contribution < -0.4 is 0 Å². The van der Waals surface area contributed by atoms with Crippen LogP contribution in [-0.4, -0.2) is 18.8 Å². The maximum Gasteiger partial charge on any atom is 0.243 e. The smallest absolute Gasteiger partial charge is 0.243 e. The van der Waals surface area contributed by atoms with E-state index >= 15 is 0 Å². The van der Waals surface area contributed by atoms with E-state index in [1.807, 2.05) is 45.0 Å². The van der Waals surface area contributed by atoms with Crippen molar-refractivity contribution in [2.75, 3.05) is 0 Å². The van der Waals surface area contributed by atoms with Gasteiger partial charge in [-0.05, 0) is 64.3 Å². The Morgan fingerprint density at radius 3 is 2.35 bits per heavy atom. The zero-order valence-corrected chi connectivity index (χ0v) is 14.6. The molecule has 1 saturated heterocycles. The van der Waals surface area contributed by atoms with Gasteiger partial charge in [0, 0.05) is 6.04 Å². The second-order valence-electron chi connectivity index (χ2n) is 6.39. The highest BCUT2D eigenvalue weighted by molar-refractivity contribution is 7.89. The third kappa shape index (κ3) is 3.08. The standard InChI is InChI=1S/C18H23NO3S/c1-13-7-10-16(11-8-13)23(20,21)19-14(2)5-4-6-17(19)18-12-9-15(3)22-18/h7-12,14,17H,4-6H2,1-3H3/t14-,17-/m1/s1. The van der Waals surface area contributed by atoms with Crippen LogP contribution in [0.2, 0.25) is 0 Å². The molecule has 0 radical (unpaired) electrons. The maximum atomic E-state index is 13.2. The van der Waals surface area contributed by atoms with Crippen molar-refractivity contribution in [3.05, 3.63) is 53.5 Å². The van der Waals surface area contributed by atoms with Gasteiger partial charge in [-0.1, -0.05) is 17.7 Å². The number of hydrogen-bond donors (Lipinski definition) is 0. The average molecular weight is 333 g/mol. The Hall–Kier alpha value is -1.59. The van der Waals surface area contributed by atoms with Gasteiger partial charge in [0.2, 0.25) is 10.0 Å². The molecule has 0 N–H and O–H groups in total. The van der Waals surface area contributed by atoms with Crippen LogP contribution in [0.25, 0.3) is 0 Å². The second kappa shape index (κ2) is 6.13. The summed E-state index contributed by atoms with van der Waals surface area (Å²) in [5, 5.41) is 0. The summed E-state index contributed by atoms with van der Waals surface area (Å²) in [6.45, 7) is 5.82. The van der Waals surface area contributed by atoms with Gasteiger partial charge in [0.1, 0.15) is 11.5 Å². The fourth-order valence-electron chi connectivity index (χ4n) is 3.30. The molecule has 0 aliphatic carbocycles. The monoisotopic (exact) mass is 333 g/mol. The summed E-state index contributed by atoms with van der Waals surface area (Å²) in [7, 11) is -3.54. The first kappa shape index (κ1) is 16.3. The van der Waals surface area contributed by atoms with Crippen LogP contribution in [0.15, 0.2) is 45.7 Å². The lowest BCUT2D eigenvalue weighted by Gasteiger charge is -2.38. The van der Waals surface area contributed by atoms with Crippen molar-refractivity contribution >= 4 is 10.0 Å². The molecule has 0 bridgehead atoms. The summed E-state index contributed by atoms with van der Waals surface area (Å²) in [4.78, 5) is 0.352. The Bertz CT molecular complexity index is 777. The second-order valence-corrected chi connectivity index (χ2v) is 8.24. The summed E-state index contributed by atoms with van der Waals surface area (Å²) >= 11 is 0. The first-order chi connectivity index (χ1) is 10.9. The number of hydrogen-bond acceptors (Lipinski definition) is 3. The van der Waals surface area contributed by atoms with E-state index in [4.69, 9.17) is 4.42 Å². The van der Waals surface area contributed by atoms with Crippen LogP contribution in [0.4, 0.5) is 0 Å². The van der Waals surface area contributed by atoms with Gasteiger partial charge >= 0.3 is 0 Å². The Balaban J connectivity index is 2.03. The van der Waals surface area contributed by atoms with E-state index in [1.54, 1.807) is 16.4 Å². The highest BCUT2D eigenvalue weighted by Gasteiger charge is 2.39. The van der Waals surface area contributed by atoms with Gasteiger partial charge in [-0.25, -0.2) is 8.42 Å². The zero-order valence-electron chi connectivity index (χ0n) is 13.8. The fourth-order valence-corrected chi connectivity index (χ4v) is 5.15. The molecule has 124 valence electrons. The lowest BCUT2D eigenvalue weighted by molar-refractivity contribution is 0.170. The van der Waals surface area contributed by atoms with Gasteiger partial charge in [-0.15, -0.1) is 0 Å². The van der Waals surface area contributed by atoms with Crippen LogP contribution in [0, 0.1) is 13.8 Å². The first-order valence-corrected chi connectivity index (χ1v) is 9.50. The molecule has 2 aromatic rings. The molecule has 1 aromatic carbocycles. The van der Waals surface area contributed by atoms with Crippen LogP contribution in [0.5, 0.6) is 0 Å². The molecule has 0 saturated carbocycles. The van der Waals surface area contributed by atoms with E-state index in [9.17, 15) is 8.42 Å². The minimum atomic E-state index is -3.54. The molecule has 1 fully saturated rings. The third-order valence-electron chi connectivity index (χ3n) is 4.53. The van der Waals surface area contributed by atoms with Gasteiger partial charge in [0.25, 0.3) is 0 Å². The SMILES string of the molecule is Cc1ccc(S(=O)(=O)N2[C@H](C)CCC[C@@H]2c2ccc(C)o2)cc1. The topological polar surface area (TPSA) is 50.5 Å². The summed E-state index contributed by atoms with van der Waals surface area (Å²) in [6, 6.07) is 10.6. The van der Waals surface area contributed by atoms with Crippen LogP contribution in [-0.2, 0) is 10.0 Å². The van der Waals surface area contributed by atoms with Crippen molar-refractivity contribution in [1.29, 1.82) is 0 Å². The van der Waals surface area contributed by atoms with Crippen molar-refractivity contribution < 1.29 is 12.8 Å². The van der Waals surface area contributed by atoms with Crippen molar-refractivity contribution in [3.63, 3.8) is 0 Å². The number of benzene rings is 1. The van der Waals surface area contributed by atoms with Crippen molar-refractivity contribution in [2.45, 2.75) is 57.0 Å². The Kier molecular flexibility index (Phi) is 4.34. The molecule has 4 nitrogen and oxygen atoms in total. The molecule has 0 amide bonds. The molecule has 0 unspecified atom stereocenters. The fraction of sp³-hybridized carbons (Fsp3) is 0.444. The quantitative estimate of drug-likeness (QED) is 0.846. The maximum absolute atomic E-state index is 13.2. The number of piperidine rings is 1. The van der Waals surface area contributed by atoms with E-state index in [1.165, 1.54) is 0 Å². The summed E-state index contributed by atoms with van der Waals surface area (Å²) in [6.07, 6.45) is 2.68. The number of aryl methyl sites for hydroxylation is 2. The first-order valence-electron chi connectivity index (χ1n) is 8.06. The Morgan fingerprint density at radius 1 is 1.04 bits per heavy atom. The molecular weight excluding hydrogens is 310 g/mol. The van der Waals surface area contributed by atoms with Crippen LogP contribution in [0.3, 0.4) is 0 Å². The largest absolute Gasteiger partial charge is 0.465 e. The normalized spacial score (nSPS) is 23.1. The molecule has 0 spiro atoms. The molecule has 3 rings (SSSR count). The number of furan rings is 1. The van der Waals surface area contributed by atoms with E-state index in [0.29, 0.717) is 4.90 Å². The van der Waals surface area contributed by atoms with Crippen molar-refractivity contribution in [3.8, 4) is 0 Å². The molecular formula is C18H23NO3S. The Labute approximate surface area is 138 Å². The molecule has 2 atom stereocenters. The number of nitrogens with zero attached hydrogens (tertiary/aromatic N) is 1. The lowest BCUT2D eigenvalue weighted by Crippen LogP contribution is -2.44. The highest BCUT2D eigenvalue weighted by Crippen LogP contribution is 2.39.